The van der Waals surface area contributed by atoms with Crippen molar-refractivity contribution in [2.24, 2.45) is 23.7 Å². The summed E-state index contributed by atoms with van der Waals surface area (Å²) < 4.78 is 30.9. The molecule has 2 aliphatic carbocycles. The van der Waals surface area contributed by atoms with Crippen LogP contribution in [0.3, 0.4) is 0 Å². The number of methoxy groups -OCH3 is 2. The van der Waals surface area contributed by atoms with Gasteiger partial charge in [0.05, 0.1) is 43.7 Å². The van der Waals surface area contributed by atoms with Crippen molar-refractivity contribution in [1.29, 1.82) is 0 Å². The number of alkyl halides is 2. The Balaban J connectivity index is 1.08. The average Bonchev–Trinajstić information content (AvgIpc) is 3.57. The Morgan fingerprint density at radius 3 is 2.28 bits per heavy atom. The fourth-order valence-electron chi connectivity index (χ4n) is 9.35. The van der Waals surface area contributed by atoms with Crippen LogP contribution in [0.1, 0.15) is 29.5 Å². The number of nitrogens with zero attached hydrogens (tertiary/aromatic N) is 2. The standard InChI is InChI=1S/C45H35Cl2FN2O8/c1-56-32-14-18-36(57-2)25(21-32)6-3-24-4-9-29(10-5-24)49-40(52)34-16-15-33-35(38(34)41(49)53)22-44(46)42(54)50(30-11-7-28(48)8-12-30)43(55)45(44,47)39(33)27-19-26-20-31(51)13-17-37(26)58-23-27/h3-15,17-18,20-21,23,34-35,38-39,51H,16,19,22H2,1-2H3. The number of imide groups is 2. The van der Waals surface area contributed by atoms with Gasteiger partial charge in [0, 0.05) is 23.5 Å². The lowest BCUT2D eigenvalue weighted by Crippen LogP contribution is -2.61. The summed E-state index contributed by atoms with van der Waals surface area (Å²) in [6, 6.07) is 22.0. The van der Waals surface area contributed by atoms with Gasteiger partial charge in [-0.25, -0.2) is 9.29 Å². The highest BCUT2D eigenvalue weighted by Gasteiger charge is 2.77. The summed E-state index contributed by atoms with van der Waals surface area (Å²) in [5.74, 6) is -4.71. The van der Waals surface area contributed by atoms with E-state index in [4.69, 9.17) is 37.4 Å². The molecule has 6 unspecified atom stereocenters. The monoisotopic (exact) mass is 820 g/mol. The van der Waals surface area contributed by atoms with E-state index in [1.165, 1.54) is 29.4 Å². The highest BCUT2D eigenvalue weighted by molar-refractivity contribution is 6.58. The number of phenols is 1. The predicted molar refractivity (Wildman–Crippen MR) is 215 cm³/mol. The van der Waals surface area contributed by atoms with Crippen LogP contribution < -0.4 is 24.0 Å². The Kier molecular flexibility index (Phi) is 9.01. The number of halogens is 3. The molecule has 0 aromatic heterocycles. The average molecular weight is 822 g/mol. The van der Waals surface area contributed by atoms with E-state index < -0.39 is 57.0 Å². The molecule has 9 rings (SSSR count). The lowest BCUT2D eigenvalue weighted by Gasteiger charge is -2.51. The molecule has 4 aromatic rings. The summed E-state index contributed by atoms with van der Waals surface area (Å²) in [6.45, 7) is 0. The topological polar surface area (TPSA) is 123 Å². The van der Waals surface area contributed by atoms with Crippen molar-refractivity contribution in [3.05, 3.63) is 131 Å². The Morgan fingerprint density at radius 1 is 0.828 bits per heavy atom. The molecule has 3 aliphatic heterocycles. The quantitative estimate of drug-likeness (QED) is 0.0867. The summed E-state index contributed by atoms with van der Waals surface area (Å²) in [6.07, 6.45) is 7.22. The Labute approximate surface area is 342 Å². The molecule has 13 heteroatoms. The van der Waals surface area contributed by atoms with Crippen molar-refractivity contribution in [1.82, 2.24) is 0 Å². The van der Waals surface area contributed by atoms with E-state index in [-0.39, 0.29) is 36.6 Å². The second-order valence-electron chi connectivity index (χ2n) is 15.1. The lowest BCUT2D eigenvalue weighted by molar-refractivity contribution is -0.125. The number of carbonyl (C=O) groups excluding carboxylic acids is 4. The van der Waals surface area contributed by atoms with E-state index in [1.807, 2.05) is 30.4 Å². The van der Waals surface area contributed by atoms with Gasteiger partial charge in [-0.05, 0) is 103 Å². The van der Waals surface area contributed by atoms with Crippen LogP contribution in [-0.2, 0) is 25.6 Å². The van der Waals surface area contributed by atoms with Gasteiger partial charge in [0.25, 0.3) is 11.8 Å². The van der Waals surface area contributed by atoms with Crippen molar-refractivity contribution >= 4 is 70.4 Å². The largest absolute Gasteiger partial charge is 0.508 e. The molecule has 4 amide bonds. The van der Waals surface area contributed by atoms with Gasteiger partial charge < -0.3 is 19.3 Å². The molecule has 3 heterocycles. The first-order valence-corrected chi connectivity index (χ1v) is 19.4. The van der Waals surface area contributed by atoms with Gasteiger partial charge in [-0.2, -0.15) is 0 Å². The molecule has 58 heavy (non-hydrogen) atoms. The molecule has 0 bridgehead atoms. The lowest BCUT2D eigenvalue weighted by atomic mass is 9.56. The summed E-state index contributed by atoms with van der Waals surface area (Å²) in [5, 5.41) is 10.3. The van der Waals surface area contributed by atoms with Gasteiger partial charge in [-0.1, -0.05) is 35.9 Å². The number of amides is 4. The number of allylic oxidation sites excluding steroid dienone is 3. The fourth-order valence-corrected chi connectivity index (χ4v) is 10.3. The van der Waals surface area contributed by atoms with Crippen LogP contribution in [0.15, 0.2) is 108 Å². The van der Waals surface area contributed by atoms with Crippen molar-refractivity contribution in [3.8, 4) is 23.0 Å². The van der Waals surface area contributed by atoms with Crippen LogP contribution >= 0.6 is 23.2 Å². The number of rotatable bonds is 7. The number of aromatic hydroxyl groups is 1. The molecule has 0 radical (unpaired) electrons. The van der Waals surface area contributed by atoms with Crippen LogP contribution in [0.5, 0.6) is 23.0 Å². The molecule has 1 N–H and O–H groups in total. The van der Waals surface area contributed by atoms with Gasteiger partial charge in [-0.3, -0.25) is 24.1 Å². The number of fused-ring (bicyclic) bond motifs is 5. The molecular weight excluding hydrogens is 786 g/mol. The minimum Gasteiger partial charge on any atom is -0.508 e. The van der Waals surface area contributed by atoms with Gasteiger partial charge in [-0.15, -0.1) is 23.2 Å². The second kappa shape index (κ2) is 13.9. The zero-order valence-electron chi connectivity index (χ0n) is 31.2. The third-order valence-corrected chi connectivity index (χ3v) is 13.5. The molecular formula is C45H35Cl2FN2O8. The third kappa shape index (κ3) is 5.58. The number of benzene rings is 4. The highest BCUT2D eigenvalue weighted by atomic mass is 35.5. The minimum atomic E-state index is -2.11. The van der Waals surface area contributed by atoms with E-state index in [0.717, 1.165) is 28.2 Å². The molecule has 1 saturated carbocycles. The summed E-state index contributed by atoms with van der Waals surface area (Å²) in [4.78, 5) is 56.0. The molecule has 6 atom stereocenters. The zero-order valence-corrected chi connectivity index (χ0v) is 32.7. The maximum Gasteiger partial charge on any atom is 0.258 e. The van der Waals surface area contributed by atoms with E-state index in [0.29, 0.717) is 39.6 Å². The van der Waals surface area contributed by atoms with Crippen molar-refractivity contribution < 1.29 is 42.9 Å². The van der Waals surface area contributed by atoms with E-state index in [1.54, 1.807) is 56.7 Å². The highest BCUT2D eigenvalue weighted by Crippen LogP contribution is 2.65. The normalized spacial score (nSPS) is 27.4. The molecule has 294 valence electrons. The number of phenolic OH excluding ortho intramolecular Hbond substituents is 1. The number of anilines is 2. The molecule has 0 spiro atoms. The summed E-state index contributed by atoms with van der Waals surface area (Å²) in [7, 11) is 3.17. The van der Waals surface area contributed by atoms with Crippen LogP contribution in [0.25, 0.3) is 12.2 Å². The van der Waals surface area contributed by atoms with Crippen molar-refractivity contribution in [3.63, 3.8) is 0 Å². The second-order valence-corrected chi connectivity index (χ2v) is 16.3. The molecule has 4 aromatic carbocycles. The zero-order chi connectivity index (χ0) is 40.7. The number of hydrogen-bond acceptors (Lipinski definition) is 8. The fraction of sp³-hybridized carbons (Fsp3) is 0.244. The van der Waals surface area contributed by atoms with Gasteiger partial charge >= 0.3 is 0 Å². The number of hydrogen-bond donors (Lipinski definition) is 1. The van der Waals surface area contributed by atoms with Gasteiger partial charge in [0.15, 0.2) is 9.75 Å². The Morgan fingerprint density at radius 2 is 1.55 bits per heavy atom. The van der Waals surface area contributed by atoms with E-state index in [2.05, 4.69) is 0 Å². The number of ether oxygens (including phenoxy) is 3. The minimum absolute atomic E-state index is 0.00281. The molecule has 2 saturated heterocycles. The predicted octanol–water partition coefficient (Wildman–Crippen LogP) is 7.84. The maximum atomic E-state index is 14.7. The maximum absolute atomic E-state index is 14.7. The van der Waals surface area contributed by atoms with Crippen LogP contribution in [-0.4, -0.2) is 52.7 Å². The first-order chi connectivity index (χ1) is 27.9. The third-order valence-electron chi connectivity index (χ3n) is 12.1. The summed E-state index contributed by atoms with van der Waals surface area (Å²) in [5.41, 5.74) is 3.79. The Bertz CT molecular complexity index is 2520. The Hall–Kier alpha value is -5.91. The van der Waals surface area contributed by atoms with Gasteiger partial charge in [0.1, 0.15) is 28.8 Å². The molecule has 5 aliphatic rings. The SMILES string of the molecule is COc1ccc(OC)c(C=Cc2ccc(N3C(=O)C4CC=C5C(CC6(Cl)C(=O)N(c7ccc(F)cc7)C(=O)C6(Cl)C5C5=COc6ccc(O)cc6C5)C4C3=O)cc2)c1. The van der Waals surface area contributed by atoms with Crippen LogP contribution in [0, 0.1) is 29.5 Å². The van der Waals surface area contributed by atoms with Crippen molar-refractivity contribution in [2.45, 2.75) is 29.0 Å². The van der Waals surface area contributed by atoms with Crippen LogP contribution in [0.2, 0.25) is 0 Å². The smallest absolute Gasteiger partial charge is 0.258 e. The molecule has 3 fully saturated rings. The summed E-state index contributed by atoms with van der Waals surface area (Å²) >= 11 is 15.0. The number of carbonyl (C=O) groups is 4. The first-order valence-electron chi connectivity index (χ1n) is 18.7. The van der Waals surface area contributed by atoms with E-state index >= 15 is 0 Å². The van der Waals surface area contributed by atoms with Crippen molar-refractivity contribution in [2.75, 3.05) is 24.0 Å². The van der Waals surface area contributed by atoms with E-state index in [9.17, 15) is 28.7 Å². The molecule has 10 nitrogen and oxygen atoms in total. The van der Waals surface area contributed by atoms with Crippen LogP contribution in [0.4, 0.5) is 15.8 Å². The van der Waals surface area contributed by atoms with Gasteiger partial charge in [0.2, 0.25) is 11.8 Å². The first kappa shape index (κ1) is 37.7.